The number of amides is 1. The minimum Gasteiger partial charge on any atom is -0.465 e. The highest BCUT2D eigenvalue weighted by molar-refractivity contribution is 5.90. The summed E-state index contributed by atoms with van der Waals surface area (Å²) in [5.74, 6) is -0.529. The molecule has 0 aliphatic carbocycles. The Kier molecular flexibility index (Phi) is 6.06. The molecule has 0 aromatic heterocycles. The lowest BCUT2D eigenvalue weighted by Gasteiger charge is -2.01. The largest absolute Gasteiger partial charge is 0.465 e. The Labute approximate surface area is 135 Å². The first-order chi connectivity index (χ1) is 11.2. The Balaban J connectivity index is 1.79. The first-order valence-electron chi connectivity index (χ1n) is 7.23. The lowest BCUT2D eigenvalue weighted by Crippen LogP contribution is -2.17. The summed E-state index contributed by atoms with van der Waals surface area (Å²) in [6, 6.07) is 16.6. The second-order valence-electron chi connectivity index (χ2n) is 4.89. The van der Waals surface area contributed by atoms with Crippen LogP contribution in [0, 0.1) is 0 Å². The number of carbonyl (C=O) groups excluding carboxylic acids is 2. The second kappa shape index (κ2) is 8.48. The van der Waals surface area contributed by atoms with Gasteiger partial charge in [0.25, 0.3) is 0 Å². The monoisotopic (exact) mass is 310 g/mol. The maximum Gasteiger partial charge on any atom is 0.337 e. The van der Waals surface area contributed by atoms with Crippen molar-refractivity contribution in [3.8, 4) is 0 Å². The zero-order valence-electron chi connectivity index (χ0n) is 12.9. The molecule has 5 nitrogen and oxygen atoms in total. The summed E-state index contributed by atoms with van der Waals surface area (Å²) >= 11 is 0. The Morgan fingerprint density at radius 3 is 2.43 bits per heavy atom. The second-order valence-corrected chi connectivity index (χ2v) is 4.89. The minimum absolute atomic E-state index is 0.142. The third-order valence-corrected chi connectivity index (χ3v) is 3.22. The molecule has 0 aliphatic heterocycles. The van der Waals surface area contributed by atoms with Crippen LogP contribution in [0.1, 0.15) is 27.9 Å². The molecule has 5 heteroatoms. The lowest BCUT2D eigenvalue weighted by atomic mass is 10.1. The van der Waals surface area contributed by atoms with E-state index in [0.29, 0.717) is 18.4 Å². The van der Waals surface area contributed by atoms with Crippen molar-refractivity contribution in [3.63, 3.8) is 0 Å². The minimum atomic E-state index is -0.386. The predicted molar refractivity (Wildman–Crippen MR) is 88.3 cm³/mol. The highest BCUT2D eigenvalue weighted by Gasteiger charge is 2.03. The molecule has 1 N–H and O–H groups in total. The van der Waals surface area contributed by atoms with Gasteiger partial charge >= 0.3 is 5.97 Å². The van der Waals surface area contributed by atoms with E-state index in [4.69, 9.17) is 0 Å². The molecule has 0 saturated carbocycles. The highest BCUT2D eigenvalue weighted by Crippen LogP contribution is 2.04. The average Bonchev–Trinajstić information content (AvgIpc) is 2.61. The van der Waals surface area contributed by atoms with Crippen LogP contribution in [0.2, 0.25) is 0 Å². The van der Waals surface area contributed by atoms with Crippen molar-refractivity contribution < 1.29 is 14.3 Å². The SMILES string of the molecule is COC(=O)c1ccc(/C=N/NC(=O)CCc2ccccc2)cc1. The van der Waals surface area contributed by atoms with Gasteiger partial charge in [0, 0.05) is 6.42 Å². The summed E-state index contributed by atoms with van der Waals surface area (Å²) in [6.07, 6.45) is 2.58. The van der Waals surface area contributed by atoms with Gasteiger partial charge in [-0.05, 0) is 29.7 Å². The molecule has 23 heavy (non-hydrogen) atoms. The van der Waals surface area contributed by atoms with Gasteiger partial charge < -0.3 is 4.74 Å². The number of nitrogens with one attached hydrogen (secondary N) is 1. The average molecular weight is 310 g/mol. The van der Waals surface area contributed by atoms with Crippen LogP contribution in [0.25, 0.3) is 0 Å². The van der Waals surface area contributed by atoms with Crippen LogP contribution >= 0.6 is 0 Å². The van der Waals surface area contributed by atoms with Crippen molar-refractivity contribution in [2.45, 2.75) is 12.8 Å². The van der Waals surface area contributed by atoms with E-state index in [-0.39, 0.29) is 11.9 Å². The lowest BCUT2D eigenvalue weighted by molar-refractivity contribution is -0.121. The van der Waals surface area contributed by atoms with Crippen molar-refractivity contribution in [1.29, 1.82) is 0 Å². The van der Waals surface area contributed by atoms with E-state index < -0.39 is 0 Å². The molecule has 2 aromatic carbocycles. The Morgan fingerprint density at radius 2 is 1.78 bits per heavy atom. The van der Waals surface area contributed by atoms with Gasteiger partial charge in [0.1, 0.15) is 0 Å². The van der Waals surface area contributed by atoms with Gasteiger partial charge in [0.15, 0.2) is 0 Å². The van der Waals surface area contributed by atoms with E-state index in [2.05, 4.69) is 15.3 Å². The van der Waals surface area contributed by atoms with Gasteiger partial charge in [-0.3, -0.25) is 4.79 Å². The number of rotatable bonds is 6. The topological polar surface area (TPSA) is 67.8 Å². The van der Waals surface area contributed by atoms with E-state index in [1.165, 1.54) is 13.3 Å². The molecule has 0 atom stereocenters. The van der Waals surface area contributed by atoms with Crippen molar-refractivity contribution >= 4 is 18.1 Å². The Morgan fingerprint density at radius 1 is 1.09 bits per heavy atom. The third kappa shape index (κ3) is 5.39. The van der Waals surface area contributed by atoms with Crippen LogP contribution in [-0.2, 0) is 16.0 Å². The molecule has 0 unspecified atom stereocenters. The van der Waals surface area contributed by atoms with Gasteiger partial charge in [-0.1, -0.05) is 42.5 Å². The van der Waals surface area contributed by atoms with Crippen molar-refractivity contribution in [2.75, 3.05) is 7.11 Å². The van der Waals surface area contributed by atoms with E-state index in [1.807, 2.05) is 30.3 Å². The number of nitrogens with zero attached hydrogens (tertiary/aromatic N) is 1. The molecule has 0 bridgehead atoms. The molecule has 118 valence electrons. The molecule has 0 saturated heterocycles. The van der Waals surface area contributed by atoms with Crippen LogP contribution in [0.5, 0.6) is 0 Å². The first-order valence-corrected chi connectivity index (χ1v) is 7.23. The number of ether oxygens (including phenoxy) is 1. The number of hydrogen-bond acceptors (Lipinski definition) is 4. The van der Waals surface area contributed by atoms with Crippen LogP contribution in [0.3, 0.4) is 0 Å². The number of esters is 1. The molecular formula is C18H18N2O3. The fourth-order valence-electron chi connectivity index (χ4n) is 1.96. The van der Waals surface area contributed by atoms with Crippen LogP contribution < -0.4 is 5.43 Å². The van der Waals surface area contributed by atoms with Gasteiger partial charge in [0.05, 0.1) is 18.9 Å². The van der Waals surface area contributed by atoms with Crippen molar-refractivity contribution in [3.05, 3.63) is 71.3 Å². The molecule has 0 spiro atoms. The highest BCUT2D eigenvalue weighted by atomic mass is 16.5. The summed E-state index contributed by atoms with van der Waals surface area (Å²) in [4.78, 5) is 23.0. The molecular weight excluding hydrogens is 292 g/mol. The maximum atomic E-state index is 11.7. The Hall–Kier alpha value is -2.95. The van der Waals surface area contributed by atoms with Gasteiger partial charge in [-0.25, -0.2) is 10.2 Å². The summed E-state index contributed by atoms with van der Waals surface area (Å²) in [6.45, 7) is 0. The zero-order chi connectivity index (χ0) is 16.5. The van der Waals surface area contributed by atoms with Crippen LogP contribution in [0.15, 0.2) is 59.7 Å². The molecule has 0 heterocycles. The summed E-state index contributed by atoms with van der Waals surface area (Å²) in [5, 5.41) is 3.91. The normalized spacial score (nSPS) is 10.5. The fraction of sp³-hybridized carbons (Fsp3) is 0.167. The standard InChI is InChI=1S/C18H18N2O3/c1-23-18(22)16-10-7-15(8-11-16)13-19-20-17(21)12-9-14-5-3-2-4-6-14/h2-8,10-11,13H,9,12H2,1H3,(H,20,21)/b19-13+. The van der Waals surface area contributed by atoms with Crippen molar-refractivity contribution in [1.82, 2.24) is 5.43 Å². The molecule has 2 rings (SSSR count). The molecule has 0 fully saturated rings. The number of hydrogen-bond donors (Lipinski definition) is 1. The summed E-state index contributed by atoms with van der Waals surface area (Å²) in [7, 11) is 1.34. The van der Waals surface area contributed by atoms with E-state index in [0.717, 1.165) is 11.1 Å². The fourth-order valence-corrected chi connectivity index (χ4v) is 1.96. The first kappa shape index (κ1) is 16.4. The van der Waals surface area contributed by atoms with Gasteiger partial charge in [0.2, 0.25) is 5.91 Å². The van der Waals surface area contributed by atoms with Gasteiger partial charge in [-0.15, -0.1) is 0 Å². The molecule has 0 aliphatic rings. The van der Waals surface area contributed by atoms with E-state index in [9.17, 15) is 9.59 Å². The number of methoxy groups -OCH3 is 1. The predicted octanol–water partition coefficient (Wildman–Crippen LogP) is 2.56. The smallest absolute Gasteiger partial charge is 0.337 e. The number of carbonyl (C=O) groups is 2. The van der Waals surface area contributed by atoms with Gasteiger partial charge in [-0.2, -0.15) is 5.10 Å². The van der Waals surface area contributed by atoms with Crippen LogP contribution in [0.4, 0.5) is 0 Å². The van der Waals surface area contributed by atoms with E-state index >= 15 is 0 Å². The number of aryl methyl sites for hydroxylation is 1. The maximum absolute atomic E-state index is 11.7. The molecule has 2 aromatic rings. The summed E-state index contributed by atoms with van der Waals surface area (Å²) < 4.78 is 4.62. The van der Waals surface area contributed by atoms with E-state index in [1.54, 1.807) is 24.3 Å². The molecule has 1 amide bonds. The summed E-state index contributed by atoms with van der Waals surface area (Å²) in [5.41, 5.74) is 4.85. The molecule has 0 radical (unpaired) electrons. The number of benzene rings is 2. The zero-order valence-corrected chi connectivity index (χ0v) is 12.9. The number of hydrazone groups is 1. The van der Waals surface area contributed by atoms with Crippen LogP contribution in [-0.4, -0.2) is 25.2 Å². The van der Waals surface area contributed by atoms with Crippen molar-refractivity contribution in [2.24, 2.45) is 5.10 Å². The third-order valence-electron chi connectivity index (χ3n) is 3.22. The Bertz CT molecular complexity index is 679. The quantitative estimate of drug-likeness (QED) is 0.506.